The van der Waals surface area contributed by atoms with E-state index in [1.54, 1.807) is 0 Å². The van der Waals surface area contributed by atoms with Crippen molar-refractivity contribution < 1.29 is 13.6 Å². The summed E-state index contributed by atoms with van der Waals surface area (Å²) in [5.74, 6) is -0.0419. The van der Waals surface area contributed by atoms with Crippen molar-refractivity contribution in [2.24, 2.45) is 11.8 Å². The third-order valence-electron chi connectivity index (χ3n) is 6.72. The van der Waals surface area contributed by atoms with Crippen LogP contribution in [-0.4, -0.2) is 36.5 Å². The summed E-state index contributed by atoms with van der Waals surface area (Å²) in [5.41, 5.74) is 0.902. The zero-order chi connectivity index (χ0) is 24.9. The first-order valence-electron chi connectivity index (χ1n) is 12.2. The van der Waals surface area contributed by atoms with E-state index in [1.165, 1.54) is 19.1 Å². The lowest BCUT2D eigenvalue weighted by Gasteiger charge is -2.27. The lowest BCUT2D eigenvalue weighted by Crippen LogP contribution is -2.31. The summed E-state index contributed by atoms with van der Waals surface area (Å²) in [6.07, 6.45) is 9.13. The smallest absolute Gasteiger partial charge is 0.254 e. The number of amides is 1. The minimum Gasteiger partial charge on any atom is -0.362 e. The molecule has 1 amide bonds. The summed E-state index contributed by atoms with van der Waals surface area (Å²) in [6.45, 7) is 1.95. The molecule has 1 aromatic heterocycles. The second-order valence-electron chi connectivity index (χ2n) is 9.56. The molecule has 1 aliphatic carbocycles. The number of allylic oxidation sites excluding steroid dienone is 2. The molecule has 1 fully saturated rings. The number of para-hydroxylation sites is 1. The number of halogens is 2. The van der Waals surface area contributed by atoms with Crippen LogP contribution in [0.5, 0.6) is 0 Å². The van der Waals surface area contributed by atoms with E-state index in [2.05, 4.69) is 17.5 Å². The molecule has 3 aromatic rings. The number of carbonyl (C=O) groups is 1. The number of rotatable bonds is 7. The molecule has 1 saturated carbocycles. The minimum atomic E-state index is -1.08. The van der Waals surface area contributed by atoms with Crippen LogP contribution in [0.3, 0.4) is 0 Å². The monoisotopic (exact) mass is 478 g/mol. The fourth-order valence-corrected chi connectivity index (χ4v) is 4.64. The van der Waals surface area contributed by atoms with Gasteiger partial charge in [-0.25, -0.2) is 18.7 Å². The first-order chi connectivity index (χ1) is 16.8. The van der Waals surface area contributed by atoms with E-state index in [0.29, 0.717) is 24.8 Å². The first kappa shape index (κ1) is 24.8. The third kappa shape index (κ3) is 5.84. The number of nitrogens with one attached hydrogen (secondary N) is 1. The number of carbonyl (C=O) groups excluding carboxylic acids is 1. The molecular formula is C28H32F2N4O. The van der Waals surface area contributed by atoms with Crippen LogP contribution in [0, 0.1) is 30.4 Å². The molecule has 0 unspecified atom stereocenters. The Morgan fingerprint density at radius 1 is 1.06 bits per heavy atom. The van der Waals surface area contributed by atoms with Gasteiger partial charge >= 0.3 is 0 Å². The van der Waals surface area contributed by atoms with E-state index in [9.17, 15) is 13.6 Å². The molecule has 1 aliphatic rings. The molecule has 7 heteroatoms. The van der Waals surface area contributed by atoms with Crippen LogP contribution < -0.4 is 10.2 Å². The van der Waals surface area contributed by atoms with Gasteiger partial charge in [0, 0.05) is 32.4 Å². The van der Waals surface area contributed by atoms with Crippen LogP contribution in [0.2, 0.25) is 0 Å². The molecular weight excluding hydrogens is 446 g/mol. The van der Waals surface area contributed by atoms with E-state index in [4.69, 9.17) is 9.97 Å². The summed E-state index contributed by atoms with van der Waals surface area (Å²) in [5, 5.41) is 3.83. The quantitative estimate of drug-likeness (QED) is 0.448. The van der Waals surface area contributed by atoms with Gasteiger partial charge < -0.3 is 10.2 Å². The van der Waals surface area contributed by atoms with E-state index < -0.39 is 17.5 Å². The van der Waals surface area contributed by atoms with Crippen molar-refractivity contribution in [1.29, 1.82) is 0 Å². The van der Waals surface area contributed by atoms with Gasteiger partial charge in [0.25, 0.3) is 5.91 Å². The Bertz CT molecular complexity index is 1230. The Balaban J connectivity index is 1.27. The number of fused-ring (bicyclic) bond motifs is 1. The topological polar surface area (TPSA) is 58.1 Å². The third-order valence-corrected chi connectivity index (χ3v) is 6.72. The summed E-state index contributed by atoms with van der Waals surface area (Å²) < 4.78 is 27.8. The first-order valence-corrected chi connectivity index (χ1v) is 12.2. The average Bonchev–Trinajstić information content (AvgIpc) is 2.86. The Morgan fingerprint density at radius 2 is 1.80 bits per heavy atom. The number of hydrogen-bond donors (Lipinski definition) is 1. The largest absolute Gasteiger partial charge is 0.362 e. The van der Waals surface area contributed by atoms with Gasteiger partial charge in [-0.05, 0) is 68.2 Å². The highest BCUT2D eigenvalue weighted by molar-refractivity contribution is 5.94. The normalized spacial score (nSPS) is 18.2. The van der Waals surface area contributed by atoms with Crippen molar-refractivity contribution in [3.63, 3.8) is 0 Å². The van der Waals surface area contributed by atoms with Crippen molar-refractivity contribution in [3.05, 3.63) is 77.1 Å². The van der Waals surface area contributed by atoms with Gasteiger partial charge in [0.15, 0.2) is 11.6 Å². The number of benzene rings is 2. The molecule has 0 saturated heterocycles. The maximum absolute atomic E-state index is 14.1. The molecule has 0 radical (unpaired) electrons. The van der Waals surface area contributed by atoms with Crippen molar-refractivity contribution in [3.8, 4) is 0 Å². The SMILES string of the molecule is Cc1ccc(C(=O)NCC2CCC(/C=C/Cc3nc(N(C)C)c4ccccc4n3)CC2)c(F)c1F. The van der Waals surface area contributed by atoms with Gasteiger partial charge in [-0.2, -0.15) is 0 Å². The molecule has 0 bridgehead atoms. The van der Waals surface area contributed by atoms with Crippen molar-refractivity contribution in [2.45, 2.75) is 39.0 Å². The van der Waals surface area contributed by atoms with Gasteiger partial charge in [-0.15, -0.1) is 0 Å². The zero-order valence-electron chi connectivity index (χ0n) is 20.5. The molecule has 35 heavy (non-hydrogen) atoms. The lowest BCUT2D eigenvalue weighted by molar-refractivity contribution is 0.0937. The molecule has 0 aliphatic heterocycles. The van der Waals surface area contributed by atoms with Gasteiger partial charge in [0.2, 0.25) is 0 Å². The van der Waals surface area contributed by atoms with Gasteiger partial charge in [-0.3, -0.25) is 4.79 Å². The van der Waals surface area contributed by atoms with Gasteiger partial charge in [0.1, 0.15) is 11.6 Å². The summed E-state index contributed by atoms with van der Waals surface area (Å²) in [6, 6.07) is 10.8. The predicted octanol–water partition coefficient (Wildman–Crippen LogP) is 5.62. The number of hydrogen-bond acceptors (Lipinski definition) is 4. The van der Waals surface area contributed by atoms with Crippen LogP contribution in [-0.2, 0) is 6.42 Å². The van der Waals surface area contributed by atoms with E-state index >= 15 is 0 Å². The average molecular weight is 479 g/mol. The van der Waals surface area contributed by atoms with Crippen molar-refractivity contribution in [1.82, 2.24) is 15.3 Å². The lowest BCUT2D eigenvalue weighted by atomic mass is 9.81. The van der Waals surface area contributed by atoms with Crippen LogP contribution in [0.15, 0.2) is 48.6 Å². The van der Waals surface area contributed by atoms with E-state index in [-0.39, 0.29) is 11.1 Å². The minimum absolute atomic E-state index is 0.191. The highest BCUT2D eigenvalue weighted by Crippen LogP contribution is 2.29. The molecule has 1 heterocycles. The Labute approximate surface area is 205 Å². The maximum Gasteiger partial charge on any atom is 0.254 e. The van der Waals surface area contributed by atoms with E-state index in [1.807, 2.05) is 43.3 Å². The fourth-order valence-electron chi connectivity index (χ4n) is 4.64. The molecule has 1 N–H and O–H groups in total. The number of aromatic nitrogens is 2. The maximum atomic E-state index is 14.1. The van der Waals surface area contributed by atoms with Crippen LogP contribution in [0.1, 0.15) is 47.4 Å². The second kappa shape index (κ2) is 10.9. The van der Waals surface area contributed by atoms with Gasteiger partial charge in [-0.1, -0.05) is 30.4 Å². The molecule has 4 rings (SSSR count). The standard InChI is InChI=1S/C28H32F2N4O/c1-18-11-16-22(26(30)25(18)29)28(35)31-17-20-14-12-19(13-15-20)7-6-10-24-32-23-9-5-4-8-21(23)27(33-24)34(2)3/h4-9,11,16,19-20H,10,12-15,17H2,1-3H3,(H,31,35)/b7-6+. The van der Waals surface area contributed by atoms with Crippen molar-refractivity contribution >= 4 is 22.6 Å². The number of nitrogens with zero attached hydrogens (tertiary/aromatic N) is 3. The highest BCUT2D eigenvalue weighted by Gasteiger charge is 2.22. The highest BCUT2D eigenvalue weighted by atomic mass is 19.2. The molecule has 5 nitrogen and oxygen atoms in total. The molecule has 0 atom stereocenters. The van der Waals surface area contributed by atoms with Crippen LogP contribution in [0.4, 0.5) is 14.6 Å². The van der Waals surface area contributed by atoms with Gasteiger partial charge in [0.05, 0.1) is 11.1 Å². The van der Waals surface area contributed by atoms with Crippen LogP contribution in [0.25, 0.3) is 10.9 Å². The zero-order valence-corrected chi connectivity index (χ0v) is 20.5. The summed E-state index contributed by atoms with van der Waals surface area (Å²) in [4.78, 5) is 23.8. The Morgan fingerprint density at radius 3 is 2.54 bits per heavy atom. The van der Waals surface area contributed by atoms with E-state index in [0.717, 1.165) is 48.2 Å². The van der Waals surface area contributed by atoms with Crippen LogP contribution >= 0.6 is 0 Å². The van der Waals surface area contributed by atoms with Crippen molar-refractivity contribution in [2.75, 3.05) is 25.5 Å². The number of anilines is 1. The fraction of sp³-hybridized carbons (Fsp3) is 0.393. The Hall–Kier alpha value is -3.35. The summed E-state index contributed by atoms with van der Waals surface area (Å²) >= 11 is 0. The summed E-state index contributed by atoms with van der Waals surface area (Å²) in [7, 11) is 3.98. The number of aryl methyl sites for hydroxylation is 1. The molecule has 2 aromatic carbocycles. The predicted molar refractivity (Wildman–Crippen MR) is 136 cm³/mol. The molecule has 0 spiro atoms. The molecule has 184 valence electrons. The second-order valence-corrected chi connectivity index (χ2v) is 9.56. The Kier molecular flexibility index (Phi) is 7.73.